The van der Waals surface area contributed by atoms with Crippen LogP contribution in [0.1, 0.15) is 26.7 Å². The van der Waals surface area contributed by atoms with Gasteiger partial charge in [-0.3, -0.25) is 4.79 Å². The first-order chi connectivity index (χ1) is 7.04. The molecule has 0 heterocycles. The molecule has 0 saturated carbocycles. The maximum Gasteiger partial charge on any atom is 0.224 e. The summed E-state index contributed by atoms with van der Waals surface area (Å²) >= 11 is 0. The zero-order chi connectivity index (χ0) is 11.7. The van der Waals surface area contributed by atoms with Crippen molar-refractivity contribution in [2.45, 2.75) is 32.7 Å². The predicted molar refractivity (Wildman–Crippen MR) is 61.9 cm³/mol. The van der Waals surface area contributed by atoms with Crippen molar-refractivity contribution in [3.63, 3.8) is 0 Å². The van der Waals surface area contributed by atoms with E-state index in [0.717, 1.165) is 19.6 Å². The smallest absolute Gasteiger partial charge is 0.224 e. The molecule has 0 fully saturated rings. The molecule has 0 aliphatic rings. The van der Waals surface area contributed by atoms with Gasteiger partial charge < -0.3 is 15.0 Å². The Morgan fingerprint density at radius 1 is 1.33 bits per heavy atom. The van der Waals surface area contributed by atoms with E-state index in [2.05, 4.69) is 19.2 Å². The van der Waals surface area contributed by atoms with Gasteiger partial charge in [-0.25, -0.2) is 0 Å². The summed E-state index contributed by atoms with van der Waals surface area (Å²) < 4.78 is 5.35. The summed E-state index contributed by atoms with van der Waals surface area (Å²) in [4.78, 5) is 12.7. The van der Waals surface area contributed by atoms with Crippen molar-refractivity contribution in [3.05, 3.63) is 0 Å². The van der Waals surface area contributed by atoms with E-state index in [0.29, 0.717) is 19.1 Å². The molecule has 0 aromatic heterocycles. The zero-order valence-electron chi connectivity index (χ0n) is 10.4. The molecule has 1 N–H and O–H groups in total. The van der Waals surface area contributed by atoms with E-state index in [1.165, 1.54) is 0 Å². The Labute approximate surface area is 93.0 Å². The number of rotatable bonds is 8. The summed E-state index contributed by atoms with van der Waals surface area (Å²) in [6.07, 6.45) is 1.47. The van der Waals surface area contributed by atoms with E-state index < -0.39 is 0 Å². The highest BCUT2D eigenvalue weighted by atomic mass is 16.5. The van der Waals surface area contributed by atoms with Crippen molar-refractivity contribution in [1.29, 1.82) is 0 Å². The van der Waals surface area contributed by atoms with Crippen LogP contribution in [0.5, 0.6) is 0 Å². The van der Waals surface area contributed by atoms with Crippen molar-refractivity contribution >= 4 is 5.91 Å². The standard InChI is InChI=1S/C11H24N2O2/c1-10(2)12-7-5-8-15-9-6-11(14)13(3)4/h10,12H,5-9H2,1-4H3. The lowest BCUT2D eigenvalue weighted by Crippen LogP contribution is -2.25. The molecule has 0 radical (unpaired) electrons. The normalized spacial score (nSPS) is 10.7. The summed E-state index contributed by atoms with van der Waals surface area (Å²) in [5, 5.41) is 3.31. The lowest BCUT2D eigenvalue weighted by Gasteiger charge is -2.10. The minimum atomic E-state index is 0.121. The van der Waals surface area contributed by atoms with Gasteiger partial charge in [-0.2, -0.15) is 0 Å². The molecule has 0 rings (SSSR count). The second-order valence-electron chi connectivity index (χ2n) is 4.11. The van der Waals surface area contributed by atoms with Gasteiger partial charge >= 0.3 is 0 Å². The Balaban J connectivity index is 3.15. The van der Waals surface area contributed by atoms with Crippen molar-refractivity contribution in [3.8, 4) is 0 Å². The Morgan fingerprint density at radius 3 is 2.53 bits per heavy atom. The van der Waals surface area contributed by atoms with Gasteiger partial charge in [0.1, 0.15) is 0 Å². The summed E-state index contributed by atoms with van der Waals surface area (Å²) in [5.74, 6) is 0.121. The maximum atomic E-state index is 11.2. The van der Waals surface area contributed by atoms with Gasteiger partial charge in [-0.05, 0) is 13.0 Å². The third-order valence-electron chi connectivity index (χ3n) is 1.98. The van der Waals surface area contributed by atoms with Crippen LogP contribution in [-0.4, -0.2) is 50.7 Å². The Kier molecular flexibility index (Phi) is 8.33. The van der Waals surface area contributed by atoms with Crippen LogP contribution in [0.25, 0.3) is 0 Å². The molecule has 0 spiro atoms. The summed E-state index contributed by atoms with van der Waals surface area (Å²) in [6, 6.07) is 0.528. The summed E-state index contributed by atoms with van der Waals surface area (Å²) in [6.45, 7) is 6.46. The number of amides is 1. The molecule has 1 amide bonds. The topological polar surface area (TPSA) is 41.6 Å². The van der Waals surface area contributed by atoms with Gasteiger partial charge in [0.05, 0.1) is 13.0 Å². The highest BCUT2D eigenvalue weighted by Crippen LogP contribution is 1.90. The van der Waals surface area contributed by atoms with E-state index in [1.54, 1.807) is 19.0 Å². The molecular formula is C11H24N2O2. The largest absolute Gasteiger partial charge is 0.381 e. The van der Waals surface area contributed by atoms with Crippen molar-refractivity contribution in [1.82, 2.24) is 10.2 Å². The Morgan fingerprint density at radius 2 is 2.00 bits per heavy atom. The fraction of sp³-hybridized carbons (Fsp3) is 0.909. The highest BCUT2D eigenvalue weighted by Gasteiger charge is 2.02. The molecule has 4 heteroatoms. The number of nitrogens with zero attached hydrogens (tertiary/aromatic N) is 1. The molecule has 0 aliphatic carbocycles. The highest BCUT2D eigenvalue weighted by molar-refractivity contribution is 5.75. The second kappa shape index (κ2) is 8.68. The summed E-state index contributed by atoms with van der Waals surface area (Å²) in [5.41, 5.74) is 0. The average Bonchev–Trinajstić information content (AvgIpc) is 2.15. The van der Waals surface area contributed by atoms with Crippen LogP contribution in [0, 0.1) is 0 Å². The van der Waals surface area contributed by atoms with Crippen molar-refractivity contribution < 1.29 is 9.53 Å². The Hall–Kier alpha value is -0.610. The van der Waals surface area contributed by atoms with Gasteiger partial charge in [0.2, 0.25) is 5.91 Å². The number of nitrogens with one attached hydrogen (secondary N) is 1. The van der Waals surface area contributed by atoms with Crippen LogP contribution in [-0.2, 0) is 9.53 Å². The zero-order valence-corrected chi connectivity index (χ0v) is 10.4. The third-order valence-corrected chi connectivity index (χ3v) is 1.98. The first-order valence-corrected chi connectivity index (χ1v) is 5.55. The van der Waals surface area contributed by atoms with Crippen LogP contribution in [0.15, 0.2) is 0 Å². The number of ether oxygens (including phenoxy) is 1. The first-order valence-electron chi connectivity index (χ1n) is 5.55. The second-order valence-corrected chi connectivity index (χ2v) is 4.11. The molecule has 0 atom stereocenters. The van der Waals surface area contributed by atoms with E-state index in [4.69, 9.17) is 4.74 Å². The predicted octanol–water partition coefficient (Wildman–Crippen LogP) is 0.869. The van der Waals surface area contributed by atoms with E-state index in [9.17, 15) is 4.79 Å². The number of carbonyl (C=O) groups is 1. The molecule has 0 unspecified atom stereocenters. The molecule has 0 aliphatic heterocycles. The fourth-order valence-corrected chi connectivity index (χ4v) is 1.05. The lowest BCUT2D eigenvalue weighted by molar-refractivity contribution is -0.129. The maximum absolute atomic E-state index is 11.2. The molecule has 15 heavy (non-hydrogen) atoms. The molecular weight excluding hydrogens is 192 g/mol. The monoisotopic (exact) mass is 216 g/mol. The minimum absolute atomic E-state index is 0.121. The van der Waals surface area contributed by atoms with Crippen molar-refractivity contribution in [2.24, 2.45) is 0 Å². The quantitative estimate of drug-likeness (QED) is 0.612. The molecule has 4 nitrogen and oxygen atoms in total. The van der Waals surface area contributed by atoms with Crippen LogP contribution in [0.2, 0.25) is 0 Å². The van der Waals surface area contributed by atoms with Crippen molar-refractivity contribution in [2.75, 3.05) is 33.9 Å². The minimum Gasteiger partial charge on any atom is -0.381 e. The first kappa shape index (κ1) is 14.4. The number of hydrogen-bond acceptors (Lipinski definition) is 3. The van der Waals surface area contributed by atoms with Crippen LogP contribution >= 0.6 is 0 Å². The van der Waals surface area contributed by atoms with E-state index in [-0.39, 0.29) is 5.91 Å². The van der Waals surface area contributed by atoms with Gasteiger partial charge in [0.25, 0.3) is 0 Å². The molecule has 0 bridgehead atoms. The van der Waals surface area contributed by atoms with Gasteiger partial charge in [0, 0.05) is 26.7 Å². The number of hydrogen-bond donors (Lipinski definition) is 1. The lowest BCUT2D eigenvalue weighted by atomic mass is 10.3. The Bertz CT molecular complexity index is 170. The number of carbonyl (C=O) groups excluding carboxylic acids is 1. The molecule has 0 aromatic carbocycles. The fourth-order valence-electron chi connectivity index (χ4n) is 1.05. The van der Waals surface area contributed by atoms with Gasteiger partial charge in [0.15, 0.2) is 0 Å². The third kappa shape index (κ3) is 9.69. The van der Waals surface area contributed by atoms with Gasteiger partial charge in [-0.1, -0.05) is 13.8 Å². The molecule has 90 valence electrons. The molecule has 0 aromatic rings. The summed E-state index contributed by atoms with van der Waals surface area (Å²) in [7, 11) is 3.52. The van der Waals surface area contributed by atoms with Crippen LogP contribution in [0.4, 0.5) is 0 Å². The van der Waals surface area contributed by atoms with E-state index in [1.807, 2.05) is 0 Å². The van der Waals surface area contributed by atoms with Crippen LogP contribution < -0.4 is 5.32 Å². The van der Waals surface area contributed by atoms with E-state index >= 15 is 0 Å². The molecule has 0 saturated heterocycles. The SMILES string of the molecule is CC(C)NCCCOCCC(=O)N(C)C. The average molecular weight is 216 g/mol. The van der Waals surface area contributed by atoms with Crippen LogP contribution in [0.3, 0.4) is 0 Å². The van der Waals surface area contributed by atoms with Gasteiger partial charge in [-0.15, -0.1) is 0 Å².